The summed E-state index contributed by atoms with van der Waals surface area (Å²) in [6.45, 7) is 4.36. The maximum atomic E-state index is 12.3. The number of nitrogens with one attached hydrogen (secondary N) is 1. The van der Waals surface area contributed by atoms with Gasteiger partial charge in [0, 0.05) is 31.3 Å². The van der Waals surface area contributed by atoms with Crippen molar-refractivity contribution in [3.63, 3.8) is 0 Å². The van der Waals surface area contributed by atoms with Gasteiger partial charge in [0.1, 0.15) is 4.90 Å². The molecule has 2 unspecified atom stereocenters. The summed E-state index contributed by atoms with van der Waals surface area (Å²) in [5, 5.41) is 4.04. The van der Waals surface area contributed by atoms with Crippen LogP contribution in [0, 0.1) is 5.92 Å². The van der Waals surface area contributed by atoms with Gasteiger partial charge in [0.15, 0.2) is 0 Å². The van der Waals surface area contributed by atoms with Crippen LogP contribution in [-0.4, -0.2) is 44.0 Å². The molecule has 0 aromatic carbocycles. The number of ether oxygens (including phenoxy) is 1. The van der Waals surface area contributed by atoms with Gasteiger partial charge < -0.3 is 10.5 Å². The molecule has 1 aromatic rings. The van der Waals surface area contributed by atoms with Crippen molar-refractivity contribution in [3.05, 3.63) is 12.4 Å². The average Bonchev–Trinajstić information content (AvgIpc) is 3.07. The van der Waals surface area contributed by atoms with Gasteiger partial charge in [-0.1, -0.05) is 0 Å². The molecule has 20 heavy (non-hydrogen) atoms. The Labute approximate surface area is 119 Å². The highest BCUT2D eigenvalue weighted by Crippen LogP contribution is 2.18. The Morgan fingerprint density at radius 2 is 2.45 bits per heavy atom. The molecule has 1 saturated heterocycles. The van der Waals surface area contributed by atoms with E-state index in [9.17, 15) is 8.42 Å². The van der Waals surface area contributed by atoms with Gasteiger partial charge in [0.2, 0.25) is 10.0 Å². The average molecular weight is 302 g/mol. The third kappa shape index (κ3) is 3.78. The van der Waals surface area contributed by atoms with E-state index in [4.69, 9.17) is 10.5 Å². The number of hydrogen-bond acceptors (Lipinski definition) is 5. The summed E-state index contributed by atoms with van der Waals surface area (Å²) in [6, 6.07) is -0.144. The van der Waals surface area contributed by atoms with Gasteiger partial charge in [0.05, 0.1) is 12.8 Å². The van der Waals surface area contributed by atoms with Crippen molar-refractivity contribution >= 4 is 10.0 Å². The van der Waals surface area contributed by atoms with Crippen LogP contribution in [0.5, 0.6) is 0 Å². The van der Waals surface area contributed by atoms with Crippen LogP contribution >= 0.6 is 0 Å². The molecule has 0 amide bonds. The summed E-state index contributed by atoms with van der Waals surface area (Å²) < 4.78 is 34.1. The molecule has 1 aliphatic heterocycles. The van der Waals surface area contributed by atoms with Gasteiger partial charge in [-0.3, -0.25) is 4.68 Å². The third-order valence-electron chi connectivity index (χ3n) is 3.52. The van der Waals surface area contributed by atoms with Gasteiger partial charge >= 0.3 is 0 Å². The van der Waals surface area contributed by atoms with E-state index in [0.717, 1.165) is 12.8 Å². The lowest BCUT2D eigenvalue weighted by Crippen LogP contribution is -2.38. The summed E-state index contributed by atoms with van der Waals surface area (Å²) in [5.41, 5.74) is 5.42. The minimum absolute atomic E-state index is 0.144. The summed E-state index contributed by atoms with van der Waals surface area (Å²) >= 11 is 0. The fourth-order valence-corrected chi connectivity index (χ4v) is 3.48. The first-order valence-electron chi connectivity index (χ1n) is 6.85. The largest absolute Gasteiger partial charge is 0.381 e. The summed E-state index contributed by atoms with van der Waals surface area (Å²) in [6.07, 6.45) is 4.57. The number of sulfonamides is 1. The quantitative estimate of drug-likeness (QED) is 0.735. The standard InChI is InChI=1S/C12H22N4O3S/c1-10(11-3-6-19-9-11)15-20(17,18)12-7-14-16(8-12)5-2-4-13/h7-8,10-11,15H,2-6,9,13H2,1H3. The molecule has 1 aromatic heterocycles. The van der Waals surface area contributed by atoms with Crippen LogP contribution in [0.15, 0.2) is 17.3 Å². The Kier molecular flexibility index (Phi) is 5.14. The summed E-state index contributed by atoms with van der Waals surface area (Å²) in [4.78, 5) is 0.195. The summed E-state index contributed by atoms with van der Waals surface area (Å²) in [5.74, 6) is 0.233. The molecule has 0 aliphatic carbocycles. The van der Waals surface area contributed by atoms with Crippen molar-refractivity contribution in [1.29, 1.82) is 0 Å². The van der Waals surface area contributed by atoms with Crippen LogP contribution in [0.1, 0.15) is 19.8 Å². The van der Waals surface area contributed by atoms with Crippen molar-refractivity contribution in [3.8, 4) is 0 Å². The molecule has 8 heteroatoms. The Morgan fingerprint density at radius 3 is 3.10 bits per heavy atom. The molecule has 2 heterocycles. The molecule has 0 saturated carbocycles. The lowest BCUT2D eigenvalue weighted by Gasteiger charge is -2.18. The normalized spacial score (nSPS) is 21.2. The predicted octanol–water partition coefficient (Wildman–Crippen LogP) is -0.0648. The monoisotopic (exact) mass is 302 g/mol. The highest BCUT2D eigenvalue weighted by molar-refractivity contribution is 7.89. The number of rotatable bonds is 7. The summed E-state index contributed by atoms with van der Waals surface area (Å²) in [7, 11) is -3.52. The van der Waals surface area contributed by atoms with Gasteiger partial charge in [0.25, 0.3) is 0 Å². The van der Waals surface area contributed by atoms with E-state index in [1.807, 2.05) is 6.92 Å². The molecule has 7 nitrogen and oxygen atoms in total. The Morgan fingerprint density at radius 1 is 1.65 bits per heavy atom. The molecule has 1 aliphatic rings. The van der Waals surface area contributed by atoms with Crippen molar-refractivity contribution < 1.29 is 13.2 Å². The number of nitrogens with two attached hydrogens (primary N) is 1. The zero-order chi connectivity index (χ0) is 14.6. The molecule has 114 valence electrons. The number of hydrogen-bond donors (Lipinski definition) is 2. The minimum Gasteiger partial charge on any atom is -0.381 e. The second-order valence-electron chi connectivity index (χ2n) is 5.11. The zero-order valence-corrected chi connectivity index (χ0v) is 12.5. The van der Waals surface area contributed by atoms with Crippen LogP contribution in [0.4, 0.5) is 0 Å². The SMILES string of the molecule is CC(NS(=O)(=O)c1cnn(CCCN)c1)C1CCOC1. The van der Waals surface area contributed by atoms with E-state index < -0.39 is 10.0 Å². The van der Waals surface area contributed by atoms with E-state index in [2.05, 4.69) is 9.82 Å². The van der Waals surface area contributed by atoms with Crippen LogP contribution in [0.25, 0.3) is 0 Å². The van der Waals surface area contributed by atoms with Crippen molar-refractivity contribution in [2.75, 3.05) is 19.8 Å². The van der Waals surface area contributed by atoms with Crippen LogP contribution in [-0.2, 0) is 21.3 Å². The van der Waals surface area contributed by atoms with Crippen LogP contribution < -0.4 is 10.5 Å². The predicted molar refractivity (Wildman–Crippen MR) is 74.6 cm³/mol. The highest BCUT2D eigenvalue weighted by atomic mass is 32.2. The minimum atomic E-state index is -3.52. The Hall–Kier alpha value is -0.960. The van der Waals surface area contributed by atoms with E-state index in [1.165, 1.54) is 12.4 Å². The maximum Gasteiger partial charge on any atom is 0.243 e. The van der Waals surface area contributed by atoms with Crippen molar-refractivity contribution in [2.45, 2.75) is 37.2 Å². The lowest BCUT2D eigenvalue weighted by atomic mass is 10.0. The van der Waals surface area contributed by atoms with E-state index in [1.54, 1.807) is 4.68 Å². The molecule has 0 spiro atoms. The maximum absolute atomic E-state index is 12.3. The van der Waals surface area contributed by atoms with Gasteiger partial charge in [-0.2, -0.15) is 5.10 Å². The van der Waals surface area contributed by atoms with E-state index in [0.29, 0.717) is 26.3 Å². The van der Waals surface area contributed by atoms with Crippen molar-refractivity contribution in [1.82, 2.24) is 14.5 Å². The second kappa shape index (κ2) is 6.66. The fraction of sp³-hybridized carbons (Fsp3) is 0.750. The first-order chi connectivity index (χ1) is 9.53. The number of aryl methyl sites for hydroxylation is 1. The van der Waals surface area contributed by atoms with Crippen LogP contribution in [0.2, 0.25) is 0 Å². The first-order valence-corrected chi connectivity index (χ1v) is 8.34. The number of aromatic nitrogens is 2. The van der Waals surface area contributed by atoms with Crippen molar-refractivity contribution in [2.24, 2.45) is 11.7 Å². The smallest absolute Gasteiger partial charge is 0.243 e. The van der Waals surface area contributed by atoms with Gasteiger partial charge in [-0.15, -0.1) is 0 Å². The first kappa shape index (κ1) is 15.4. The Bertz CT molecular complexity index is 523. The Balaban J connectivity index is 2.00. The molecule has 0 radical (unpaired) electrons. The molecule has 2 atom stereocenters. The van der Waals surface area contributed by atoms with E-state index in [-0.39, 0.29) is 16.9 Å². The lowest BCUT2D eigenvalue weighted by molar-refractivity contribution is 0.180. The molecular formula is C12H22N4O3S. The molecule has 2 rings (SSSR count). The van der Waals surface area contributed by atoms with Gasteiger partial charge in [-0.25, -0.2) is 13.1 Å². The zero-order valence-electron chi connectivity index (χ0n) is 11.7. The van der Waals surface area contributed by atoms with Crippen LogP contribution in [0.3, 0.4) is 0 Å². The fourth-order valence-electron chi connectivity index (χ4n) is 2.22. The highest BCUT2D eigenvalue weighted by Gasteiger charge is 2.27. The molecular weight excluding hydrogens is 280 g/mol. The topological polar surface area (TPSA) is 99.2 Å². The van der Waals surface area contributed by atoms with Gasteiger partial charge in [-0.05, 0) is 26.3 Å². The van der Waals surface area contributed by atoms with E-state index >= 15 is 0 Å². The molecule has 3 N–H and O–H groups in total. The molecule has 0 bridgehead atoms. The third-order valence-corrected chi connectivity index (χ3v) is 5.04. The number of nitrogens with zero attached hydrogens (tertiary/aromatic N) is 2. The molecule has 1 fully saturated rings. The second-order valence-corrected chi connectivity index (χ2v) is 6.83.